The van der Waals surface area contributed by atoms with Crippen LogP contribution in [0, 0.1) is 0 Å². The molecule has 0 saturated heterocycles. The minimum atomic E-state index is 0.999. The fraction of sp³-hybridized carbons (Fsp3) is 0.333. The van der Waals surface area contributed by atoms with Crippen molar-refractivity contribution in [1.82, 2.24) is 0 Å². The van der Waals surface area contributed by atoms with E-state index in [4.69, 9.17) is 0 Å². The fourth-order valence-corrected chi connectivity index (χ4v) is 1.12. The Kier molecular flexibility index (Phi) is 7.35. The average molecular weight is 202 g/mol. The van der Waals surface area contributed by atoms with Gasteiger partial charge in [0.2, 0.25) is 0 Å². The van der Waals surface area contributed by atoms with Crippen LogP contribution in [-0.4, -0.2) is 0 Å². The first kappa shape index (κ1) is 13.7. The highest BCUT2D eigenvalue weighted by Gasteiger charge is 1.84. The molecule has 0 heterocycles. The van der Waals surface area contributed by atoms with Crippen molar-refractivity contribution in [2.45, 2.75) is 33.6 Å². The van der Waals surface area contributed by atoms with Crippen molar-refractivity contribution in [2.75, 3.05) is 0 Å². The summed E-state index contributed by atoms with van der Waals surface area (Å²) in [5, 5.41) is 0. The summed E-state index contributed by atoms with van der Waals surface area (Å²) in [4.78, 5) is 0. The molecule has 0 heteroatoms. The average Bonchev–Trinajstić information content (AvgIpc) is 2.15. The summed E-state index contributed by atoms with van der Waals surface area (Å²) in [5.74, 6) is 0. The first-order valence-corrected chi connectivity index (χ1v) is 5.42. The molecule has 15 heavy (non-hydrogen) atoms. The summed E-state index contributed by atoms with van der Waals surface area (Å²) >= 11 is 0. The standard InChI is InChI=1S/C15H22/c1-6-8-14(4)9-7-10-15(5)12-11-13(2)3/h7,9-12H,2,5-6,8H2,1,3-4H3/b10-7+,12-11-,14-9-. The highest BCUT2D eigenvalue weighted by molar-refractivity contribution is 5.33. The van der Waals surface area contributed by atoms with Crippen LogP contribution in [0.15, 0.2) is 60.3 Å². The first-order chi connectivity index (χ1) is 7.06. The molecule has 0 N–H and O–H groups in total. The lowest BCUT2D eigenvalue weighted by Crippen LogP contribution is -1.73. The van der Waals surface area contributed by atoms with Crippen LogP contribution in [-0.2, 0) is 0 Å². The van der Waals surface area contributed by atoms with Crippen molar-refractivity contribution in [2.24, 2.45) is 0 Å². The maximum absolute atomic E-state index is 3.93. The maximum atomic E-state index is 3.93. The summed E-state index contributed by atoms with van der Waals surface area (Å²) in [5.41, 5.74) is 3.45. The third kappa shape index (κ3) is 9.01. The Morgan fingerprint density at radius 1 is 1.07 bits per heavy atom. The highest BCUT2D eigenvalue weighted by Crippen LogP contribution is 2.04. The van der Waals surface area contributed by atoms with Gasteiger partial charge in [0.05, 0.1) is 0 Å². The zero-order chi connectivity index (χ0) is 11.7. The summed E-state index contributed by atoms with van der Waals surface area (Å²) < 4.78 is 0. The minimum Gasteiger partial charge on any atom is -0.0961 e. The lowest BCUT2D eigenvalue weighted by Gasteiger charge is -1.94. The maximum Gasteiger partial charge on any atom is -0.0323 e. The molecule has 0 aromatic carbocycles. The number of hydrogen-bond donors (Lipinski definition) is 0. The van der Waals surface area contributed by atoms with Gasteiger partial charge in [0, 0.05) is 0 Å². The molecule has 0 saturated carbocycles. The highest BCUT2D eigenvalue weighted by atomic mass is 13.9. The predicted molar refractivity (Wildman–Crippen MR) is 70.9 cm³/mol. The molecule has 0 spiro atoms. The van der Waals surface area contributed by atoms with Gasteiger partial charge in [-0.1, -0.05) is 68.0 Å². The van der Waals surface area contributed by atoms with Crippen LogP contribution in [0.2, 0.25) is 0 Å². The second-order valence-corrected chi connectivity index (χ2v) is 3.88. The van der Waals surface area contributed by atoms with E-state index in [0.717, 1.165) is 11.1 Å². The van der Waals surface area contributed by atoms with Gasteiger partial charge < -0.3 is 0 Å². The topological polar surface area (TPSA) is 0 Å². The zero-order valence-corrected chi connectivity index (χ0v) is 10.2. The molecule has 0 bridgehead atoms. The Labute approximate surface area is 94.4 Å². The molecule has 0 nitrogen and oxygen atoms in total. The van der Waals surface area contributed by atoms with Gasteiger partial charge in [-0.3, -0.25) is 0 Å². The third-order valence-corrected chi connectivity index (χ3v) is 1.92. The van der Waals surface area contributed by atoms with Crippen LogP contribution in [0.4, 0.5) is 0 Å². The largest absolute Gasteiger partial charge is 0.0961 e. The van der Waals surface area contributed by atoms with E-state index in [-0.39, 0.29) is 0 Å². The fourth-order valence-electron chi connectivity index (χ4n) is 1.12. The summed E-state index contributed by atoms with van der Waals surface area (Å²) in [7, 11) is 0. The van der Waals surface area contributed by atoms with Crippen LogP contribution in [0.25, 0.3) is 0 Å². The van der Waals surface area contributed by atoms with E-state index in [1.54, 1.807) is 0 Å². The molecule has 0 aromatic heterocycles. The molecule has 0 aliphatic heterocycles. The molecule has 82 valence electrons. The molecule has 0 fully saturated rings. The molecule has 0 amide bonds. The second kappa shape index (κ2) is 8.05. The molecular weight excluding hydrogens is 180 g/mol. The van der Waals surface area contributed by atoms with Crippen LogP contribution in [0.1, 0.15) is 33.6 Å². The van der Waals surface area contributed by atoms with E-state index in [2.05, 4.69) is 39.2 Å². The zero-order valence-electron chi connectivity index (χ0n) is 10.2. The Bertz CT molecular complexity index is 298. The van der Waals surface area contributed by atoms with E-state index in [1.165, 1.54) is 18.4 Å². The Morgan fingerprint density at radius 3 is 2.27 bits per heavy atom. The predicted octanol–water partition coefficient (Wildman–Crippen LogP) is 4.98. The Hall–Kier alpha value is -1.30. The van der Waals surface area contributed by atoms with E-state index in [9.17, 15) is 0 Å². The van der Waals surface area contributed by atoms with Gasteiger partial charge in [-0.25, -0.2) is 0 Å². The Balaban J connectivity index is 4.12. The molecule has 0 aliphatic carbocycles. The molecule has 0 aliphatic rings. The van der Waals surface area contributed by atoms with Gasteiger partial charge in [-0.15, -0.1) is 0 Å². The normalized spacial score (nSPS) is 12.6. The van der Waals surface area contributed by atoms with Crippen molar-refractivity contribution in [1.29, 1.82) is 0 Å². The van der Waals surface area contributed by atoms with E-state index >= 15 is 0 Å². The van der Waals surface area contributed by atoms with Gasteiger partial charge in [0.15, 0.2) is 0 Å². The smallest absolute Gasteiger partial charge is 0.0323 e. The number of rotatable bonds is 6. The van der Waals surface area contributed by atoms with E-state index in [0.29, 0.717) is 0 Å². The van der Waals surface area contributed by atoms with Crippen LogP contribution in [0.5, 0.6) is 0 Å². The van der Waals surface area contributed by atoms with Crippen molar-refractivity contribution < 1.29 is 0 Å². The monoisotopic (exact) mass is 202 g/mol. The van der Waals surface area contributed by atoms with E-state index in [1.807, 2.05) is 25.2 Å². The van der Waals surface area contributed by atoms with Crippen LogP contribution < -0.4 is 0 Å². The van der Waals surface area contributed by atoms with Crippen molar-refractivity contribution in [3.63, 3.8) is 0 Å². The summed E-state index contributed by atoms with van der Waals surface area (Å²) in [6.45, 7) is 14.0. The summed E-state index contributed by atoms with van der Waals surface area (Å²) in [6.07, 6.45) is 12.5. The van der Waals surface area contributed by atoms with Crippen LogP contribution in [0.3, 0.4) is 0 Å². The summed E-state index contributed by atoms with van der Waals surface area (Å²) in [6, 6.07) is 0. The SMILES string of the molecule is C=C(C)/C=C\C(=C)/C=C/C=C(/C)CCC. The van der Waals surface area contributed by atoms with Gasteiger partial charge in [-0.2, -0.15) is 0 Å². The molecule has 0 atom stereocenters. The molecule has 0 radical (unpaired) electrons. The minimum absolute atomic E-state index is 0.999. The number of hydrogen-bond acceptors (Lipinski definition) is 0. The van der Waals surface area contributed by atoms with Crippen molar-refractivity contribution >= 4 is 0 Å². The Morgan fingerprint density at radius 2 is 1.73 bits per heavy atom. The van der Waals surface area contributed by atoms with Crippen molar-refractivity contribution in [3.8, 4) is 0 Å². The molecular formula is C15H22. The molecule has 0 aromatic rings. The van der Waals surface area contributed by atoms with E-state index < -0.39 is 0 Å². The van der Waals surface area contributed by atoms with Crippen molar-refractivity contribution in [3.05, 3.63) is 60.3 Å². The van der Waals surface area contributed by atoms with Gasteiger partial charge >= 0.3 is 0 Å². The van der Waals surface area contributed by atoms with Crippen LogP contribution >= 0.6 is 0 Å². The van der Waals surface area contributed by atoms with Gasteiger partial charge in [0.25, 0.3) is 0 Å². The second-order valence-electron chi connectivity index (χ2n) is 3.88. The molecule has 0 rings (SSSR count). The number of allylic oxidation sites excluding steroid dienone is 8. The third-order valence-electron chi connectivity index (χ3n) is 1.92. The lowest BCUT2D eigenvalue weighted by atomic mass is 10.1. The van der Waals surface area contributed by atoms with Gasteiger partial charge in [-0.05, 0) is 25.8 Å². The first-order valence-electron chi connectivity index (χ1n) is 5.42. The van der Waals surface area contributed by atoms with Gasteiger partial charge in [0.1, 0.15) is 0 Å². The molecule has 0 unspecified atom stereocenters. The quantitative estimate of drug-likeness (QED) is 0.533. The lowest BCUT2D eigenvalue weighted by molar-refractivity contribution is 0.906.